The molecule has 0 atom stereocenters. The van der Waals surface area contributed by atoms with Gasteiger partial charge in [0, 0.05) is 55.3 Å². The minimum Gasteiger partial charge on any atom is -0.453 e. The second-order valence-electron chi connectivity index (χ2n) is 9.50. The molecule has 12 heteroatoms. The van der Waals surface area contributed by atoms with Crippen molar-refractivity contribution >= 4 is 28.5 Å². The van der Waals surface area contributed by atoms with Crippen LogP contribution in [0.4, 0.5) is 14.3 Å². The summed E-state index contributed by atoms with van der Waals surface area (Å²) in [5.74, 6) is -0.738. The molecule has 1 N–H and O–H groups in total. The van der Waals surface area contributed by atoms with Crippen molar-refractivity contribution in [3.8, 4) is 27.5 Å². The van der Waals surface area contributed by atoms with Crippen molar-refractivity contribution in [2.24, 2.45) is 0 Å². The summed E-state index contributed by atoms with van der Waals surface area (Å²) >= 11 is 1.29. The van der Waals surface area contributed by atoms with Crippen LogP contribution in [0.25, 0.3) is 27.5 Å². The van der Waals surface area contributed by atoms with Gasteiger partial charge in [-0.25, -0.2) is 18.9 Å². The van der Waals surface area contributed by atoms with Gasteiger partial charge in [0.2, 0.25) is 0 Å². The molecule has 6 rings (SSSR count). The Morgan fingerprint density at radius 3 is 2.67 bits per heavy atom. The van der Waals surface area contributed by atoms with Crippen LogP contribution in [0.2, 0.25) is 0 Å². The lowest BCUT2D eigenvalue weighted by molar-refractivity contribution is 0.0663. The molecule has 1 aromatic carbocycles. The second-order valence-corrected chi connectivity index (χ2v) is 10.5. The number of anilines is 1. The predicted octanol–water partition coefficient (Wildman–Crippen LogP) is 3.86. The van der Waals surface area contributed by atoms with E-state index in [1.54, 1.807) is 34.1 Å². The summed E-state index contributed by atoms with van der Waals surface area (Å²) in [5.41, 5.74) is 4.49. The molecule has 4 aromatic rings. The fourth-order valence-electron chi connectivity index (χ4n) is 4.97. The van der Waals surface area contributed by atoms with E-state index in [1.807, 2.05) is 19.2 Å². The number of likely N-dealkylation sites (N-methyl/N-ethyl adjacent to an activating group) is 1. The van der Waals surface area contributed by atoms with Gasteiger partial charge in [-0.3, -0.25) is 15.1 Å². The summed E-state index contributed by atoms with van der Waals surface area (Å²) in [6.07, 6.45) is 4.08. The Morgan fingerprint density at radius 2 is 1.95 bits per heavy atom. The number of nitrogens with one attached hydrogen (secondary N) is 1. The topological polar surface area (TPSA) is 105 Å². The van der Waals surface area contributed by atoms with Crippen LogP contribution >= 0.6 is 11.3 Å². The maximum atomic E-state index is 15.8. The Morgan fingerprint density at radius 1 is 1.13 bits per heavy atom. The molecule has 1 aliphatic carbocycles. The molecule has 4 heterocycles. The van der Waals surface area contributed by atoms with E-state index in [1.165, 1.54) is 24.5 Å². The third-order valence-electron chi connectivity index (χ3n) is 7.05. The van der Waals surface area contributed by atoms with Gasteiger partial charge in [-0.15, -0.1) is 0 Å². The van der Waals surface area contributed by atoms with E-state index in [4.69, 9.17) is 9.84 Å². The SMILES string of the molecule is COC(=O)Nc1nc2c(s1)-c1c(c(-c3cccnc3)nn1-c1ccc(C(=O)N3CCN(C)CC3)cc1F)CC2. The number of halogens is 1. The Kier molecular flexibility index (Phi) is 6.57. The Balaban J connectivity index is 1.43. The summed E-state index contributed by atoms with van der Waals surface area (Å²) in [7, 11) is 3.31. The van der Waals surface area contributed by atoms with Crippen molar-refractivity contribution < 1.29 is 18.7 Å². The summed E-state index contributed by atoms with van der Waals surface area (Å²) in [6, 6.07) is 8.29. The lowest BCUT2D eigenvalue weighted by Gasteiger charge is -2.32. The Bertz CT molecular complexity index is 1560. The number of pyridine rings is 1. The zero-order valence-corrected chi connectivity index (χ0v) is 22.3. The fourth-order valence-corrected chi connectivity index (χ4v) is 6.03. The number of thiazole rings is 1. The average molecular weight is 548 g/mol. The first kappa shape index (κ1) is 25.1. The van der Waals surface area contributed by atoms with Crippen LogP contribution in [-0.4, -0.2) is 81.9 Å². The molecule has 1 aliphatic heterocycles. The molecule has 10 nitrogen and oxygen atoms in total. The number of methoxy groups -OCH3 is 1. The van der Waals surface area contributed by atoms with Crippen molar-refractivity contribution in [1.82, 2.24) is 29.5 Å². The van der Waals surface area contributed by atoms with Crippen molar-refractivity contribution in [3.05, 3.63) is 65.4 Å². The van der Waals surface area contributed by atoms with Crippen LogP contribution in [0.1, 0.15) is 21.6 Å². The van der Waals surface area contributed by atoms with Gasteiger partial charge in [0.15, 0.2) is 5.13 Å². The quantitative estimate of drug-likeness (QED) is 0.414. The number of rotatable bonds is 4. The molecule has 3 aromatic heterocycles. The summed E-state index contributed by atoms with van der Waals surface area (Å²) < 4.78 is 22.1. The van der Waals surface area contributed by atoms with Crippen LogP contribution in [0, 0.1) is 5.82 Å². The van der Waals surface area contributed by atoms with Gasteiger partial charge in [-0.2, -0.15) is 5.10 Å². The summed E-state index contributed by atoms with van der Waals surface area (Å²) in [6.45, 7) is 2.78. The smallest absolute Gasteiger partial charge is 0.413 e. The standard InChI is InChI=1S/C27H26FN7O3S/c1-33-10-12-34(13-11-33)25(36)16-5-8-21(19(28)14-16)35-23-18(22(32-35)17-4-3-9-29-15-17)6-7-20-24(23)39-26(30-20)31-27(37)38-2/h3-5,8-9,14-15H,6-7,10-13H2,1-2H3,(H,30,31,37). The lowest BCUT2D eigenvalue weighted by atomic mass is 9.95. The zero-order valence-electron chi connectivity index (χ0n) is 21.5. The fraction of sp³-hybridized carbons (Fsp3) is 0.296. The number of amides is 2. The maximum absolute atomic E-state index is 15.8. The Hall–Kier alpha value is -4.16. The lowest BCUT2D eigenvalue weighted by Crippen LogP contribution is -2.47. The molecule has 0 bridgehead atoms. The number of aryl methyl sites for hydroxylation is 1. The first-order chi connectivity index (χ1) is 18.9. The number of aromatic nitrogens is 4. The van der Waals surface area contributed by atoms with Gasteiger partial charge in [0.25, 0.3) is 5.91 Å². The molecule has 1 fully saturated rings. The first-order valence-electron chi connectivity index (χ1n) is 12.6. The largest absolute Gasteiger partial charge is 0.453 e. The van der Waals surface area contributed by atoms with E-state index < -0.39 is 11.9 Å². The van der Waals surface area contributed by atoms with Gasteiger partial charge < -0.3 is 14.5 Å². The molecule has 0 saturated carbocycles. The molecular weight excluding hydrogens is 521 g/mol. The number of carbonyl (C=O) groups is 2. The normalized spacial score (nSPS) is 15.0. The van der Waals surface area contributed by atoms with E-state index >= 15 is 4.39 Å². The first-order valence-corrected chi connectivity index (χ1v) is 13.4. The highest BCUT2D eigenvalue weighted by Gasteiger charge is 2.31. The monoisotopic (exact) mass is 547 g/mol. The number of benzene rings is 1. The van der Waals surface area contributed by atoms with E-state index in [2.05, 4.69) is 20.2 Å². The average Bonchev–Trinajstić information content (AvgIpc) is 3.54. The van der Waals surface area contributed by atoms with Crippen molar-refractivity contribution in [1.29, 1.82) is 0 Å². The third kappa shape index (κ3) is 4.66. The van der Waals surface area contributed by atoms with Gasteiger partial charge in [0.1, 0.15) is 11.5 Å². The van der Waals surface area contributed by atoms with Crippen molar-refractivity contribution in [2.45, 2.75) is 12.8 Å². The van der Waals surface area contributed by atoms with Gasteiger partial charge in [0.05, 0.1) is 29.1 Å². The molecule has 0 unspecified atom stereocenters. The molecule has 200 valence electrons. The minimum absolute atomic E-state index is 0.185. The predicted molar refractivity (Wildman–Crippen MR) is 145 cm³/mol. The molecule has 39 heavy (non-hydrogen) atoms. The molecule has 0 spiro atoms. The number of piperazine rings is 1. The van der Waals surface area contributed by atoms with Crippen molar-refractivity contribution in [3.63, 3.8) is 0 Å². The third-order valence-corrected chi connectivity index (χ3v) is 8.07. The van der Waals surface area contributed by atoms with Crippen LogP contribution in [0.15, 0.2) is 42.7 Å². The number of carbonyl (C=O) groups excluding carboxylic acids is 2. The van der Waals surface area contributed by atoms with E-state index in [9.17, 15) is 9.59 Å². The van der Waals surface area contributed by atoms with E-state index in [0.29, 0.717) is 48.0 Å². The van der Waals surface area contributed by atoms with Gasteiger partial charge in [-0.1, -0.05) is 11.3 Å². The molecule has 0 radical (unpaired) electrons. The molecule has 1 saturated heterocycles. The molecule has 2 amide bonds. The maximum Gasteiger partial charge on any atom is 0.413 e. The zero-order chi connectivity index (χ0) is 27.1. The molecular formula is C27H26FN7O3S. The summed E-state index contributed by atoms with van der Waals surface area (Å²) in [5, 5.41) is 7.88. The van der Waals surface area contributed by atoms with E-state index in [0.717, 1.165) is 34.8 Å². The van der Waals surface area contributed by atoms with E-state index in [-0.39, 0.29) is 11.6 Å². The number of ether oxygens (including phenoxy) is 1. The second kappa shape index (κ2) is 10.2. The summed E-state index contributed by atoms with van der Waals surface area (Å²) in [4.78, 5) is 38.4. The number of hydrogen-bond acceptors (Lipinski definition) is 8. The molecule has 2 aliphatic rings. The number of nitrogens with zero attached hydrogens (tertiary/aromatic N) is 6. The highest BCUT2D eigenvalue weighted by molar-refractivity contribution is 7.19. The highest BCUT2D eigenvalue weighted by Crippen LogP contribution is 2.44. The van der Waals surface area contributed by atoms with Crippen LogP contribution in [-0.2, 0) is 17.6 Å². The highest BCUT2D eigenvalue weighted by atomic mass is 32.1. The van der Waals surface area contributed by atoms with Gasteiger partial charge >= 0.3 is 6.09 Å². The Labute approximate surface area is 228 Å². The van der Waals surface area contributed by atoms with Crippen LogP contribution < -0.4 is 5.32 Å². The van der Waals surface area contributed by atoms with Gasteiger partial charge in [-0.05, 0) is 50.2 Å². The number of fused-ring (bicyclic) bond motifs is 3. The van der Waals surface area contributed by atoms with Crippen LogP contribution in [0.3, 0.4) is 0 Å². The minimum atomic E-state index is -0.613. The van der Waals surface area contributed by atoms with Crippen LogP contribution in [0.5, 0.6) is 0 Å². The van der Waals surface area contributed by atoms with Crippen molar-refractivity contribution in [2.75, 3.05) is 45.7 Å². The number of hydrogen-bond donors (Lipinski definition) is 1.